The van der Waals surface area contributed by atoms with Gasteiger partial charge >= 0.3 is 0 Å². The first-order valence-corrected chi connectivity index (χ1v) is 8.73. The number of likely N-dealkylation sites (tertiary alicyclic amines) is 1. The smallest absolute Gasteiger partial charge is 0.222 e. The standard InChI is InChI=1S/C17H21ClN4O3/c18-13-4-1-2-5-14(13)25-12-15-19-16(22(20-15)10-11-23)7-9-21-8-3-6-17(21)24/h1-2,4-5,23H,3,6-12H2. The Kier molecular flexibility index (Phi) is 5.88. The van der Waals surface area contributed by atoms with Crippen LogP contribution < -0.4 is 4.74 Å². The molecule has 134 valence electrons. The van der Waals surface area contributed by atoms with Gasteiger partial charge in [0.05, 0.1) is 18.2 Å². The molecule has 0 aliphatic carbocycles. The Morgan fingerprint density at radius 2 is 2.12 bits per heavy atom. The number of aliphatic hydroxyl groups is 1. The van der Waals surface area contributed by atoms with Crippen LogP contribution in [0.3, 0.4) is 0 Å². The van der Waals surface area contributed by atoms with Crippen LogP contribution in [0.4, 0.5) is 0 Å². The number of hydrogen-bond acceptors (Lipinski definition) is 5. The number of ether oxygens (including phenoxy) is 1. The van der Waals surface area contributed by atoms with Gasteiger partial charge in [0.2, 0.25) is 5.91 Å². The summed E-state index contributed by atoms with van der Waals surface area (Å²) in [7, 11) is 0. The van der Waals surface area contributed by atoms with Crippen LogP contribution in [-0.4, -0.2) is 50.4 Å². The molecule has 0 radical (unpaired) electrons. The zero-order chi connectivity index (χ0) is 17.6. The van der Waals surface area contributed by atoms with Gasteiger partial charge in [-0.15, -0.1) is 0 Å². The monoisotopic (exact) mass is 364 g/mol. The van der Waals surface area contributed by atoms with Crippen molar-refractivity contribution in [1.82, 2.24) is 19.7 Å². The van der Waals surface area contributed by atoms with Gasteiger partial charge in [-0.05, 0) is 18.6 Å². The molecule has 2 heterocycles. The van der Waals surface area contributed by atoms with E-state index in [-0.39, 0.29) is 19.1 Å². The molecule has 0 spiro atoms. The molecule has 1 amide bonds. The lowest BCUT2D eigenvalue weighted by molar-refractivity contribution is -0.127. The summed E-state index contributed by atoms with van der Waals surface area (Å²) in [6.45, 7) is 1.95. The molecule has 1 aromatic carbocycles. The van der Waals surface area contributed by atoms with Crippen molar-refractivity contribution >= 4 is 17.5 Å². The predicted octanol–water partition coefficient (Wildman–Crippen LogP) is 1.67. The van der Waals surface area contributed by atoms with Gasteiger partial charge in [-0.1, -0.05) is 23.7 Å². The van der Waals surface area contributed by atoms with Crippen LogP contribution in [0, 0.1) is 0 Å². The number of halogens is 1. The van der Waals surface area contributed by atoms with Gasteiger partial charge in [0.25, 0.3) is 0 Å². The number of nitrogens with zero attached hydrogens (tertiary/aromatic N) is 4. The topological polar surface area (TPSA) is 80.5 Å². The highest BCUT2D eigenvalue weighted by Gasteiger charge is 2.21. The van der Waals surface area contributed by atoms with Crippen LogP contribution in [0.5, 0.6) is 5.75 Å². The molecule has 8 heteroatoms. The third-order valence-corrected chi connectivity index (χ3v) is 4.39. The molecule has 3 rings (SSSR count). The van der Waals surface area contributed by atoms with Crippen molar-refractivity contribution in [2.75, 3.05) is 19.7 Å². The van der Waals surface area contributed by atoms with Crippen molar-refractivity contribution in [2.45, 2.75) is 32.4 Å². The van der Waals surface area contributed by atoms with E-state index in [1.165, 1.54) is 0 Å². The zero-order valence-electron chi connectivity index (χ0n) is 13.9. The molecule has 0 saturated carbocycles. The van der Waals surface area contributed by atoms with Crippen LogP contribution >= 0.6 is 11.6 Å². The number of carbonyl (C=O) groups excluding carboxylic acids is 1. The number of amides is 1. The number of benzene rings is 1. The minimum absolute atomic E-state index is 0.0240. The summed E-state index contributed by atoms with van der Waals surface area (Å²) in [4.78, 5) is 18.1. The lowest BCUT2D eigenvalue weighted by Crippen LogP contribution is -2.27. The second-order valence-electron chi connectivity index (χ2n) is 5.84. The highest BCUT2D eigenvalue weighted by Crippen LogP contribution is 2.23. The molecule has 25 heavy (non-hydrogen) atoms. The zero-order valence-corrected chi connectivity index (χ0v) is 14.7. The number of hydrogen-bond donors (Lipinski definition) is 1. The molecular weight excluding hydrogens is 344 g/mol. The van der Waals surface area contributed by atoms with Gasteiger partial charge in [0, 0.05) is 25.9 Å². The van der Waals surface area contributed by atoms with E-state index in [4.69, 9.17) is 16.3 Å². The van der Waals surface area contributed by atoms with Crippen molar-refractivity contribution in [3.63, 3.8) is 0 Å². The first kappa shape index (κ1) is 17.7. The van der Waals surface area contributed by atoms with Crippen molar-refractivity contribution in [1.29, 1.82) is 0 Å². The molecule has 1 fully saturated rings. The second kappa shape index (κ2) is 8.31. The normalized spacial score (nSPS) is 14.3. The Hall–Kier alpha value is -2.12. The van der Waals surface area contributed by atoms with Gasteiger partial charge in [-0.2, -0.15) is 5.10 Å². The van der Waals surface area contributed by atoms with Gasteiger partial charge in [-0.25, -0.2) is 9.67 Å². The molecule has 0 unspecified atom stereocenters. The quantitative estimate of drug-likeness (QED) is 0.770. The maximum atomic E-state index is 11.7. The van der Waals surface area contributed by atoms with Crippen LogP contribution in [0.2, 0.25) is 5.02 Å². The number of aliphatic hydroxyl groups excluding tert-OH is 1. The van der Waals surface area contributed by atoms with Crippen LogP contribution in [0.15, 0.2) is 24.3 Å². The molecule has 1 aromatic heterocycles. The van der Waals surface area contributed by atoms with Gasteiger partial charge in [-0.3, -0.25) is 4.79 Å². The van der Waals surface area contributed by atoms with Crippen LogP contribution in [0.25, 0.3) is 0 Å². The van der Waals surface area contributed by atoms with Crippen LogP contribution in [-0.2, 0) is 24.4 Å². The first-order valence-electron chi connectivity index (χ1n) is 8.36. The molecule has 0 atom stereocenters. The van der Waals surface area contributed by atoms with E-state index in [0.717, 1.165) is 18.8 Å². The number of aromatic nitrogens is 3. The maximum absolute atomic E-state index is 11.7. The van der Waals surface area contributed by atoms with Crippen molar-refractivity contribution in [3.05, 3.63) is 40.9 Å². The third kappa shape index (κ3) is 4.49. The predicted molar refractivity (Wildman–Crippen MR) is 92.4 cm³/mol. The summed E-state index contributed by atoms with van der Waals surface area (Å²) in [5.41, 5.74) is 0. The average Bonchev–Trinajstić information content (AvgIpc) is 3.18. The Bertz CT molecular complexity index is 734. The Labute approximate surface area is 151 Å². The number of para-hydroxylation sites is 1. The fraction of sp³-hybridized carbons (Fsp3) is 0.471. The summed E-state index contributed by atoms with van der Waals surface area (Å²) < 4.78 is 7.34. The summed E-state index contributed by atoms with van der Waals surface area (Å²) in [5.74, 6) is 2.03. The number of rotatable bonds is 8. The molecule has 2 aromatic rings. The third-order valence-electron chi connectivity index (χ3n) is 4.07. The maximum Gasteiger partial charge on any atom is 0.222 e. The van der Waals surface area contributed by atoms with E-state index in [9.17, 15) is 9.90 Å². The Morgan fingerprint density at radius 1 is 1.28 bits per heavy atom. The molecule has 1 aliphatic heterocycles. The fourth-order valence-corrected chi connectivity index (χ4v) is 3.02. The van der Waals surface area contributed by atoms with Gasteiger partial charge in [0.15, 0.2) is 5.82 Å². The van der Waals surface area contributed by atoms with Crippen molar-refractivity contribution in [2.24, 2.45) is 0 Å². The first-order chi connectivity index (χ1) is 12.2. The van der Waals surface area contributed by atoms with Gasteiger partial charge in [0.1, 0.15) is 18.2 Å². The molecule has 1 N–H and O–H groups in total. The second-order valence-corrected chi connectivity index (χ2v) is 6.25. The van der Waals surface area contributed by atoms with Gasteiger partial charge < -0.3 is 14.7 Å². The van der Waals surface area contributed by atoms with E-state index in [2.05, 4.69) is 10.1 Å². The van der Waals surface area contributed by atoms with E-state index < -0.39 is 0 Å². The minimum atomic E-state index is -0.0240. The lowest BCUT2D eigenvalue weighted by atomic mass is 10.3. The Balaban J connectivity index is 1.64. The fourth-order valence-electron chi connectivity index (χ4n) is 2.83. The molecular formula is C17H21ClN4O3. The van der Waals surface area contributed by atoms with Crippen molar-refractivity contribution in [3.8, 4) is 5.75 Å². The Morgan fingerprint density at radius 3 is 2.84 bits per heavy atom. The molecule has 0 bridgehead atoms. The lowest BCUT2D eigenvalue weighted by Gasteiger charge is -2.14. The number of carbonyl (C=O) groups is 1. The van der Waals surface area contributed by atoms with Crippen molar-refractivity contribution < 1.29 is 14.6 Å². The molecule has 1 aliphatic rings. The summed E-state index contributed by atoms with van der Waals surface area (Å²) in [6.07, 6.45) is 2.14. The van der Waals surface area contributed by atoms with E-state index in [1.807, 2.05) is 17.0 Å². The highest BCUT2D eigenvalue weighted by molar-refractivity contribution is 6.32. The van der Waals surface area contributed by atoms with E-state index in [0.29, 0.717) is 42.5 Å². The van der Waals surface area contributed by atoms with E-state index in [1.54, 1.807) is 16.8 Å². The average molecular weight is 365 g/mol. The summed E-state index contributed by atoms with van der Waals surface area (Å²) >= 11 is 6.07. The SMILES string of the molecule is O=C1CCCN1CCc1nc(COc2ccccc2Cl)nn1CCO. The largest absolute Gasteiger partial charge is 0.484 e. The molecule has 7 nitrogen and oxygen atoms in total. The molecule has 1 saturated heterocycles. The minimum Gasteiger partial charge on any atom is -0.484 e. The van der Waals surface area contributed by atoms with Crippen LogP contribution in [0.1, 0.15) is 24.5 Å². The van der Waals surface area contributed by atoms with E-state index >= 15 is 0 Å². The summed E-state index contributed by atoms with van der Waals surface area (Å²) in [5, 5.41) is 14.1. The summed E-state index contributed by atoms with van der Waals surface area (Å²) in [6, 6.07) is 7.22. The highest BCUT2D eigenvalue weighted by atomic mass is 35.5.